The van der Waals surface area contributed by atoms with Gasteiger partial charge in [-0.2, -0.15) is 0 Å². The van der Waals surface area contributed by atoms with Crippen molar-refractivity contribution >= 4 is 34.1 Å². The molecule has 1 aliphatic carbocycles. The minimum atomic E-state index is -0.464. The van der Waals surface area contributed by atoms with Gasteiger partial charge < -0.3 is 0 Å². The molecule has 1 aliphatic rings. The average Bonchev–Trinajstić information content (AvgIpc) is 2.48. The highest BCUT2D eigenvalue weighted by molar-refractivity contribution is 14.1. The van der Waals surface area contributed by atoms with Gasteiger partial charge in [0.05, 0.1) is 4.92 Å². The Balaban J connectivity index is 2.64. The third-order valence-corrected chi connectivity index (χ3v) is 3.26. The number of fused-ring (bicyclic) bond motifs is 1. The van der Waals surface area contributed by atoms with Crippen LogP contribution in [0.5, 0.6) is 0 Å². The van der Waals surface area contributed by atoms with Crippen LogP contribution >= 0.6 is 22.6 Å². The molecule has 0 aromatic heterocycles. The fourth-order valence-corrected chi connectivity index (χ4v) is 2.48. The number of halogens is 1. The van der Waals surface area contributed by atoms with Gasteiger partial charge in [-0.3, -0.25) is 14.9 Å². The number of nitro benzene ring substituents is 1. The van der Waals surface area contributed by atoms with E-state index >= 15 is 0 Å². The normalized spacial score (nSPS) is 14.2. The maximum atomic E-state index is 11.4. The van der Waals surface area contributed by atoms with Crippen molar-refractivity contribution in [2.24, 2.45) is 0 Å². The molecule has 0 heterocycles. The minimum Gasteiger partial charge on any atom is -0.294 e. The van der Waals surface area contributed by atoms with Gasteiger partial charge in [0.2, 0.25) is 0 Å². The predicted octanol–water partition coefficient (Wildman–Crippen LogP) is 2.33. The van der Waals surface area contributed by atoms with Crippen LogP contribution in [0.3, 0.4) is 0 Å². The Morgan fingerprint density at radius 1 is 1.36 bits per heavy atom. The molecule has 72 valence electrons. The lowest BCUT2D eigenvalue weighted by atomic mass is 10.1. The van der Waals surface area contributed by atoms with E-state index in [1.54, 1.807) is 0 Å². The first-order valence-electron chi connectivity index (χ1n) is 4.09. The summed E-state index contributed by atoms with van der Waals surface area (Å²) in [6, 6.07) is 2.89. The molecule has 0 N–H and O–H groups in total. The minimum absolute atomic E-state index is 0.00315. The second-order valence-electron chi connectivity index (χ2n) is 3.13. The number of rotatable bonds is 1. The molecule has 1 aromatic carbocycles. The molecule has 0 saturated carbocycles. The van der Waals surface area contributed by atoms with Crippen molar-refractivity contribution < 1.29 is 9.72 Å². The van der Waals surface area contributed by atoms with Crippen LogP contribution in [0.4, 0.5) is 5.69 Å². The van der Waals surface area contributed by atoms with Gasteiger partial charge in [0, 0.05) is 27.7 Å². The lowest BCUT2D eigenvalue weighted by Gasteiger charge is -2.00. The highest BCUT2D eigenvalue weighted by Crippen LogP contribution is 2.30. The summed E-state index contributed by atoms with van der Waals surface area (Å²) in [5, 5.41) is 10.6. The van der Waals surface area contributed by atoms with E-state index in [0.717, 1.165) is 9.13 Å². The van der Waals surface area contributed by atoms with E-state index in [0.29, 0.717) is 18.4 Å². The zero-order valence-corrected chi connectivity index (χ0v) is 9.28. The lowest BCUT2D eigenvalue weighted by molar-refractivity contribution is -0.385. The van der Waals surface area contributed by atoms with Gasteiger partial charge in [-0.05, 0) is 34.6 Å². The summed E-state index contributed by atoms with van der Waals surface area (Å²) in [6.45, 7) is 0. The summed E-state index contributed by atoms with van der Waals surface area (Å²) in [5.41, 5.74) is 1.49. The number of benzene rings is 1. The molecular formula is C9H6INO3. The van der Waals surface area contributed by atoms with Crippen LogP contribution in [0, 0.1) is 13.7 Å². The van der Waals surface area contributed by atoms with Crippen molar-refractivity contribution in [3.8, 4) is 0 Å². The highest BCUT2D eigenvalue weighted by atomic mass is 127. The number of carbonyl (C=O) groups excluding carboxylic acids is 1. The van der Waals surface area contributed by atoms with Gasteiger partial charge in [0.15, 0.2) is 5.78 Å². The Labute approximate surface area is 93.6 Å². The van der Waals surface area contributed by atoms with Crippen molar-refractivity contribution in [3.63, 3.8) is 0 Å². The number of hydrogen-bond acceptors (Lipinski definition) is 3. The number of Topliss-reactive ketones (excluding diaryl/α,β-unsaturated/α-hetero) is 1. The Morgan fingerprint density at radius 2 is 2.07 bits per heavy atom. The van der Waals surface area contributed by atoms with E-state index in [-0.39, 0.29) is 11.5 Å². The summed E-state index contributed by atoms with van der Waals surface area (Å²) < 4.78 is 0.817. The standard InChI is InChI=1S/C9H6INO3/c10-8-4-5(11(13)14)3-7-6(8)1-2-9(7)12/h3-4H,1-2H2. The van der Waals surface area contributed by atoms with Crippen LogP contribution in [0.25, 0.3) is 0 Å². The molecule has 0 amide bonds. The monoisotopic (exact) mass is 303 g/mol. The van der Waals surface area contributed by atoms with Crippen LogP contribution in [0.2, 0.25) is 0 Å². The van der Waals surface area contributed by atoms with Crippen molar-refractivity contribution in [3.05, 3.63) is 36.9 Å². The zero-order valence-electron chi connectivity index (χ0n) is 7.12. The molecule has 0 atom stereocenters. The molecule has 0 spiro atoms. The Kier molecular flexibility index (Phi) is 2.26. The highest BCUT2D eigenvalue weighted by Gasteiger charge is 2.24. The first kappa shape index (κ1) is 9.57. The van der Waals surface area contributed by atoms with Gasteiger partial charge in [-0.15, -0.1) is 0 Å². The summed E-state index contributed by atoms with van der Waals surface area (Å²) in [7, 11) is 0. The van der Waals surface area contributed by atoms with Gasteiger partial charge in [-0.1, -0.05) is 0 Å². The van der Waals surface area contributed by atoms with E-state index < -0.39 is 4.92 Å². The number of hydrogen-bond donors (Lipinski definition) is 0. The summed E-state index contributed by atoms with van der Waals surface area (Å²) >= 11 is 2.04. The fraction of sp³-hybridized carbons (Fsp3) is 0.222. The first-order chi connectivity index (χ1) is 6.59. The Morgan fingerprint density at radius 3 is 2.71 bits per heavy atom. The van der Waals surface area contributed by atoms with E-state index in [9.17, 15) is 14.9 Å². The number of non-ortho nitro benzene ring substituents is 1. The van der Waals surface area contributed by atoms with Crippen LogP contribution in [-0.4, -0.2) is 10.7 Å². The quantitative estimate of drug-likeness (QED) is 0.454. The SMILES string of the molecule is O=C1CCc2c(I)cc([N+](=O)[O-])cc21. The second-order valence-corrected chi connectivity index (χ2v) is 4.30. The van der Waals surface area contributed by atoms with Crippen molar-refractivity contribution in [2.75, 3.05) is 0 Å². The van der Waals surface area contributed by atoms with Crippen LogP contribution in [0.15, 0.2) is 12.1 Å². The van der Waals surface area contributed by atoms with E-state index in [1.165, 1.54) is 12.1 Å². The molecule has 0 saturated heterocycles. The number of carbonyl (C=O) groups is 1. The molecule has 0 fully saturated rings. The molecule has 2 rings (SSSR count). The van der Waals surface area contributed by atoms with E-state index in [4.69, 9.17) is 0 Å². The fourth-order valence-electron chi connectivity index (χ4n) is 1.60. The van der Waals surface area contributed by atoms with Gasteiger partial charge in [-0.25, -0.2) is 0 Å². The molecule has 1 aromatic rings. The van der Waals surface area contributed by atoms with Crippen LogP contribution in [0.1, 0.15) is 22.3 Å². The maximum absolute atomic E-state index is 11.4. The summed E-state index contributed by atoms with van der Waals surface area (Å²) in [4.78, 5) is 21.5. The number of ketones is 1. The third kappa shape index (κ3) is 1.41. The number of nitrogens with zero attached hydrogens (tertiary/aromatic N) is 1. The Bertz CT molecular complexity index is 442. The zero-order chi connectivity index (χ0) is 10.3. The lowest BCUT2D eigenvalue weighted by Crippen LogP contribution is -1.96. The molecule has 5 heteroatoms. The van der Waals surface area contributed by atoms with Crippen LogP contribution in [-0.2, 0) is 6.42 Å². The largest absolute Gasteiger partial charge is 0.294 e. The van der Waals surface area contributed by atoms with Crippen molar-refractivity contribution in [1.82, 2.24) is 0 Å². The molecular weight excluding hydrogens is 297 g/mol. The van der Waals surface area contributed by atoms with Crippen LogP contribution < -0.4 is 0 Å². The van der Waals surface area contributed by atoms with E-state index in [1.807, 2.05) is 22.6 Å². The van der Waals surface area contributed by atoms with Crippen molar-refractivity contribution in [1.29, 1.82) is 0 Å². The van der Waals surface area contributed by atoms with Gasteiger partial charge >= 0.3 is 0 Å². The smallest absolute Gasteiger partial charge is 0.271 e. The molecule has 0 bridgehead atoms. The average molecular weight is 303 g/mol. The number of nitro groups is 1. The molecule has 0 radical (unpaired) electrons. The third-order valence-electron chi connectivity index (χ3n) is 2.29. The van der Waals surface area contributed by atoms with E-state index in [2.05, 4.69) is 0 Å². The second kappa shape index (κ2) is 3.30. The topological polar surface area (TPSA) is 60.2 Å². The Hall–Kier alpha value is -0.980. The molecule has 0 unspecified atom stereocenters. The summed E-state index contributed by atoms with van der Waals surface area (Å²) in [5.74, 6) is 0.0154. The summed E-state index contributed by atoms with van der Waals surface area (Å²) in [6.07, 6.45) is 1.19. The maximum Gasteiger partial charge on any atom is 0.271 e. The molecule has 0 aliphatic heterocycles. The molecule has 14 heavy (non-hydrogen) atoms. The van der Waals surface area contributed by atoms with Crippen molar-refractivity contribution in [2.45, 2.75) is 12.8 Å². The first-order valence-corrected chi connectivity index (χ1v) is 5.17. The van der Waals surface area contributed by atoms with Gasteiger partial charge in [0.1, 0.15) is 0 Å². The predicted molar refractivity (Wildman–Crippen MR) is 58.5 cm³/mol. The van der Waals surface area contributed by atoms with Gasteiger partial charge in [0.25, 0.3) is 5.69 Å². The molecule has 4 nitrogen and oxygen atoms in total.